The minimum absolute atomic E-state index is 0.0288. The number of phenols is 2. The molecule has 0 fully saturated rings. The summed E-state index contributed by atoms with van der Waals surface area (Å²) in [6.45, 7) is 11.0. The van der Waals surface area contributed by atoms with Gasteiger partial charge in [0.05, 0.1) is 11.1 Å². The maximum absolute atomic E-state index is 14.2. The number of aliphatic hydroxyl groups excluding tert-OH is 2. The second kappa shape index (κ2) is 17.9. The summed E-state index contributed by atoms with van der Waals surface area (Å²) in [5, 5.41) is 54.4. The SMILES string of the molecule is Cc1cc2c(c(O)c1-c1c(C)cc3c(c1O)/C(=C/Nc1ccc(Cc4ccc(N)cc4)cc1)C(=O)C(O)=C3C(C)C)/C(=C/Nc1ccc(Cc3ccc(N)cc3)cc1)C(=O)C(O)=C2C(C)C. The molecule has 66 heavy (non-hydrogen) atoms. The number of aromatic hydroxyl groups is 2. The summed E-state index contributed by atoms with van der Waals surface area (Å²) in [6, 6.07) is 34.5. The molecule has 0 atom stereocenters. The summed E-state index contributed by atoms with van der Waals surface area (Å²) >= 11 is 0. The molecule has 6 aromatic carbocycles. The van der Waals surface area contributed by atoms with Crippen LogP contribution in [0.3, 0.4) is 0 Å². The molecule has 8 rings (SSSR count). The summed E-state index contributed by atoms with van der Waals surface area (Å²) in [7, 11) is 0. The summed E-state index contributed by atoms with van der Waals surface area (Å²) in [6.07, 6.45) is 4.38. The predicted molar refractivity (Wildman–Crippen MR) is 267 cm³/mol. The molecule has 0 saturated heterocycles. The zero-order chi connectivity index (χ0) is 47.1. The zero-order valence-electron chi connectivity index (χ0n) is 37.9. The van der Waals surface area contributed by atoms with E-state index in [0.29, 0.717) is 69.0 Å². The van der Waals surface area contributed by atoms with Crippen LogP contribution in [0, 0.1) is 25.7 Å². The quantitative estimate of drug-likeness (QED) is 0.0459. The van der Waals surface area contributed by atoms with Gasteiger partial charge in [-0.3, -0.25) is 9.59 Å². The number of allylic oxidation sites excluding steroid dienone is 4. The topological polar surface area (TPSA) is 191 Å². The molecular weight excluding hydrogens is 825 g/mol. The first-order valence-electron chi connectivity index (χ1n) is 22.0. The molecule has 334 valence electrons. The van der Waals surface area contributed by atoms with Gasteiger partial charge in [-0.05, 0) is 132 Å². The van der Waals surface area contributed by atoms with Gasteiger partial charge in [-0.25, -0.2) is 0 Å². The van der Waals surface area contributed by atoms with Crippen LogP contribution in [-0.2, 0) is 22.4 Å². The van der Waals surface area contributed by atoms with E-state index in [1.807, 2.05) is 137 Å². The minimum atomic E-state index is -0.669. The van der Waals surface area contributed by atoms with E-state index in [4.69, 9.17) is 11.5 Å². The number of fused-ring (bicyclic) bond motifs is 2. The smallest absolute Gasteiger partial charge is 0.229 e. The van der Waals surface area contributed by atoms with Crippen molar-refractivity contribution in [3.8, 4) is 22.6 Å². The average Bonchev–Trinajstić information content (AvgIpc) is 3.28. The van der Waals surface area contributed by atoms with E-state index >= 15 is 0 Å². The Bertz CT molecular complexity index is 2840. The van der Waals surface area contributed by atoms with E-state index < -0.39 is 23.1 Å². The Morgan fingerprint density at radius 2 is 0.788 bits per heavy atom. The average molecular weight is 879 g/mol. The molecule has 0 bridgehead atoms. The van der Waals surface area contributed by atoms with Crippen LogP contribution >= 0.6 is 0 Å². The van der Waals surface area contributed by atoms with E-state index in [1.165, 1.54) is 12.4 Å². The highest BCUT2D eigenvalue weighted by Crippen LogP contribution is 2.53. The van der Waals surface area contributed by atoms with E-state index in [0.717, 1.165) is 22.3 Å². The molecule has 0 radical (unpaired) electrons. The third-order valence-corrected chi connectivity index (χ3v) is 12.4. The molecule has 0 amide bonds. The van der Waals surface area contributed by atoms with Gasteiger partial charge in [-0.2, -0.15) is 0 Å². The van der Waals surface area contributed by atoms with Gasteiger partial charge >= 0.3 is 0 Å². The number of ketones is 2. The predicted octanol–water partition coefficient (Wildman–Crippen LogP) is 11.6. The fourth-order valence-electron chi connectivity index (χ4n) is 9.12. The van der Waals surface area contributed by atoms with Crippen LogP contribution in [0.4, 0.5) is 22.7 Å². The molecule has 0 saturated carbocycles. The Hall–Kier alpha value is -7.98. The van der Waals surface area contributed by atoms with Crippen LogP contribution in [0.25, 0.3) is 33.4 Å². The highest BCUT2D eigenvalue weighted by atomic mass is 16.3. The number of carbonyl (C=O) groups excluding carboxylic acids is 2. The molecule has 0 spiro atoms. The number of rotatable bonds is 11. The number of benzene rings is 6. The fraction of sp³-hybridized carbons (Fsp3) is 0.179. The second-order valence-electron chi connectivity index (χ2n) is 17.8. The lowest BCUT2D eigenvalue weighted by atomic mass is 9.75. The molecule has 2 aliphatic carbocycles. The second-order valence-corrected chi connectivity index (χ2v) is 17.8. The van der Waals surface area contributed by atoms with Gasteiger partial charge in [0.2, 0.25) is 11.6 Å². The van der Waals surface area contributed by atoms with Crippen LogP contribution in [-0.4, -0.2) is 32.0 Å². The number of aliphatic hydroxyl groups is 2. The number of hydrogen-bond acceptors (Lipinski definition) is 10. The summed E-state index contributed by atoms with van der Waals surface area (Å²) in [5.41, 5.74) is 22.6. The third kappa shape index (κ3) is 8.41. The zero-order valence-corrected chi connectivity index (χ0v) is 37.9. The summed E-state index contributed by atoms with van der Waals surface area (Å²) < 4.78 is 0. The molecule has 10 N–H and O–H groups in total. The Morgan fingerprint density at radius 3 is 1.09 bits per heavy atom. The number of nitrogens with two attached hydrogens (primary N) is 2. The van der Waals surface area contributed by atoms with Gasteiger partial charge in [0.15, 0.2) is 11.5 Å². The molecule has 0 heterocycles. The van der Waals surface area contributed by atoms with Crippen LogP contribution < -0.4 is 22.1 Å². The first-order chi connectivity index (χ1) is 31.5. The van der Waals surface area contributed by atoms with Crippen molar-refractivity contribution >= 4 is 56.6 Å². The molecule has 10 nitrogen and oxygen atoms in total. The van der Waals surface area contributed by atoms with Crippen molar-refractivity contribution in [3.63, 3.8) is 0 Å². The Morgan fingerprint density at radius 1 is 0.485 bits per heavy atom. The van der Waals surface area contributed by atoms with Crippen molar-refractivity contribution in [1.82, 2.24) is 0 Å². The van der Waals surface area contributed by atoms with Crippen molar-refractivity contribution in [3.05, 3.63) is 189 Å². The number of hydrogen-bond donors (Lipinski definition) is 8. The van der Waals surface area contributed by atoms with Crippen molar-refractivity contribution in [2.24, 2.45) is 11.8 Å². The maximum atomic E-state index is 14.2. The summed E-state index contributed by atoms with van der Waals surface area (Å²) in [4.78, 5) is 28.3. The lowest BCUT2D eigenvalue weighted by Gasteiger charge is -2.29. The molecular formula is C56H54N4O6. The Labute approximate surface area is 385 Å². The molecule has 2 aliphatic rings. The highest BCUT2D eigenvalue weighted by Gasteiger charge is 2.38. The first kappa shape index (κ1) is 44.6. The van der Waals surface area contributed by atoms with Crippen LogP contribution in [0.2, 0.25) is 0 Å². The van der Waals surface area contributed by atoms with Crippen LogP contribution in [0.15, 0.2) is 133 Å². The number of aryl methyl sites for hydroxylation is 2. The lowest BCUT2D eigenvalue weighted by Crippen LogP contribution is -2.20. The lowest BCUT2D eigenvalue weighted by molar-refractivity contribution is -0.113. The number of carbonyl (C=O) groups is 2. The summed E-state index contributed by atoms with van der Waals surface area (Å²) in [5.74, 6) is -3.29. The molecule has 0 unspecified atom stereocenters. The van der Waals surface area contributed by atoms with Crippen molar-refractivity contribution in [2.75, 3.05) is 22.1 Å². The number of phenolic OH excluding ortho intramolecular Hbond substituents is 2. The van der Waals surface area contributed by atoms with E-state index in [1.54, 1.807) is 13.8 Å². The minimum Gasteiger partial charge on any atom is -0.507 e. The van der Waals surface area contributed by atoms with Crippen molar-refractivity contribution < 1.29 is 30.0 Å². The monoisotopic (exact) mass is 878 g/mol. The molecule has 0 aromatic heterocycles. The van der Waals surface area contributed by atoms with Crippen LogP contribution in [0.5, 0.6) is 11.5 Å². The first-order valence-corrected chi connectivity index (χ1v) is 22.0. The number of nitrogens with one attached hydrogen (secondary N) is 2. The van der Waals surface area contributed by atoms with E-state index in [9.17, 15) is 30.0 Å². The van der Waals surface area contributed by atoms with Gasteiger partial charge < -0.3 is 42.5 Å². The van der Waals surface area contributed by atoms with Gasteiger partial charge in [0.1, 0.15) is 11.5 Å². The largest absolute Gasteiger partial charge is 0.507 e. The van der Waals surface area contributed by atoms with Crippen molar-refractivity contribution in [1.29, 1.82) is 0 Å². The normalized spacial score (nSPS) is 15.0. The van der Waals surface area contributed by atoms with E-state index in [2.05, 4.69) is 10.6 Å². The number of Topliss-reactive ketones (excluding diaryl/α,β-unsaturated/α-hetero) is 2. The Balaban J connectivity index is 1.21. The molecule has 6 aromatic rings. The highest BCUT2D eigenvalue weighted by molar-refractivity contribution is 6.35. The maximum Gasteiger partial charge on any atom is 0.229 e. The number of nitrogen functional groups attached to an aromatic ring is 2. The van der Waals surface area contributed by atoms with Crippen LogP contribution in [0.1, 0.15) is 83.3 Å². The standard InChI is InChI=1S/C56H54N4O6/c1-29(2)45-41-23-31(5)47(53(63)49(41)43(51(61)55(45)65)27-59-39-19-11-35(12-20-39)25-33-7-15-37(57)16-8-33)48-32(6)24-42-46(30(3)4)56(66)52(62)44(50(42)54(48)64)28-60-40-21-13-36(14-22-40)26-34-9-17-38(58)18-10-34/h7-24,27-30,59-60,63-66H,25-26,57-58H2,1-6H3/b43-27-,44-28-. The van der Waals surface area contributed by atoms with Crippen molar-refractivity contribution in [2.45, 2.75) is 54.4 Å². The fourth-order valence-corrected chi connectivity index (χ4v) is 9.12. The van der Waals surface area contributed by atoms with Gasteiger partial charge in [0, 0.05) is 68.5 Å². The van der Waals surface area contributed by atoms with Gasteiger partial charge in [-0.15, -0.1) is 0 Å². The number of anilines is 4. The van der Waals surface area contributed by atoms with Gasteiger partial charge in [-0.1, -0.05) is 88.4 Å². The van der Waals surface area contributed by atoms with E-state index in [-0.39, 0.29) is 56.7 Å². The molecule has 0 aliphatic heterocycles. The van der Waals surface area contributed by atoms with Gasteiger partial charge in [0.25, 0.3) is 0 Å². The molecule has 10 heteroatoms. The third-order valence-electron chi connectivity index (χ3n) is 12.4. The Kier molecular flexibility index (Phi) is 12.1.